The van der Waals surface area contributed by atoms with Crippen LogP contribution in [0.1, 0.15) is 31.7 Å². The lowest BCUT2D eigenvalue weighted by atomic mass is 10.0. The summed E-state index contributed by atoms with van der Waals surface area (Å²) in [5.74, 6) is 1.86. The third-order valence-corrected chi connectivity index (χ3v) is 4.96. The van der Waals surface area contributed by atoms with Gasteiger partial charge in [-0.25, -0.2) is 0 Å². The Morgan fingerprint density at radius 2 is 1.55 bits per heavy atom. The van der Waals surface area contributed by atoms with Gasteiger partial charge in [-0.05, 0) is 30.4 Å². The summed E-state index contributed by atoms with van der Waals surface area (Å²) in [6, 6.07) is 10.9. The second-order valence-corrected chi connectivity index (χ2v) is 6.67. The summed E-state index contributed by atoms with van der Waals surface area (Å²) in [6.45, 7) is 10.1. The number of nitrogens with zero attached hydrogens (tertiary/aromatic N) is 2. The second-order valence-electron chi connectivity index (χ2n) is 6.67. The number of benzene rings is 1. The van der Waals surface area contributed by atoms with Gasteiger partial charge in [-0.15, -0.1) is 0 Å². The zero-order chi connectivity index (χ0) is 13.8. The average Bonchev–Trinajstić information content (AvgIpc) is 2.98. The van der Waals surface area contributed by atoms with Crippen molar-refractivity contribution in [2.75, 3.05) is 32.7 Å². The Hall–Kier alpha value is -0.860. The van der Waals surface area contributed by atoms with Crippen LogP contribution in [0.5, 0.6) is 0 Å². The van der Waals surface area contributed by atoms with Crippen LogP contribution in [-0.4, -0.2) is 42.5 Å². The standard InChI is InChI=1S/C18H28N2/c1-2-3-7-10-19-12-17-14-20(15-18(17)13-19)11-16-8-5-4-6-9-16/h4-6,8-9,17-18H,2-3,7,10-15H2,1H3/t17-,18-/m1/s1. The Kier molecular flexibility index (Phi) is 4.74. The van der Waals surface area contributed by atoms with E-state index in [0.29, 0.717) is 0 Å². The lowest BCUT2D eigenvalue weighted by molar-refractivity contribution is 0.248. The SMILES string of the molecule is CCCCCN1C[C@@H]2CN(Cc3ccccc3)C[C@H]2C1. The summed E-state index contributed by atoms with van der Waals surface area (Å²) >= 11 is 0. The van der Waals surface area contributed by atoms with E-state index >= 15 is 0 Å². The summed E-state index contributed by atoms with van der Waals surface area (Å²) in [4.78, 5) is 5.37. The van der Waals surface area contributed by atoms with Crippen molar-refractivity contribution >= 4 is 0 Å². The van der Waals surface area contributed by atoms with Crippen molar-refractivity contribution in [1.29, 1.82) is 0 Å². The summed E-state index contributed by atoms with van der Waals surface area (Å²) in [6.07, 6.45) is 4.13. The highest BCUT2D eigenvalue weighted by molar-refractivity contribution is 5.14. The molecule has 0 N–H and O–H groups in total. The van der Waals surface area contributed by atoms with Crippen LogP contribution in [0, 0.1) is 11.8 Å². The zero-order valence-electron chi connectivity index (χ0n) is 12.8. The molecule has 2 nitrogen and oxygen atoms in total. The summed E-state index contributed by atoms with van der Waals surface area (Å²) in [5.41, 5.74) is 1.47. The first-order chi connectivity index (χ1) is 9.85. The molecule has 0 bridgehead atoms. The van der Waals surface area contributed by atoms with Crippen LogP contribution in [0.25, 0.3) is 0 Å². The third-order valence-electron chi connectivity index (χ3n) is 4.96. The molecular formula is C18H28N2. The van der Waals surface area contributed by atoms with Crippen LogP contribution in [0.2, 0.25) is 0 Å². The van der Waals surface area contributed by atoms with E-state index in [-0.39, 0.29) is 0 Å². The fourth-order valence-corrected chi connectivity index (χ4v) is 3.93. The van der Waals surface area contributed by atoms with Gasteiger partial charge in [-0.3, -0.25) is 4.90 Å². The molecule has 2 heterocycles. The summed E-state index contributed by atoms with van der Waals surface area (Å²) in [5, 5.41) is 0. The molecule has 1 aromatic rings. The fourth-order valence-electron chi connectivity index (χ4n) is 3.93. The predicted octanol–water partition coefficient (Wildman–Crippen LogP) is 3.24. The highest BCUT2D eigenvalue weighted by atomic mass is 15.2. The molecule has 0 aromatic heterocycles. The molecular weight excluding hydrogens is 244 g/mol. The minimum atomic E-state index is 0.931. The number of unbranched alkanes of at least 4 members (excludes halogenated alkanes) is 2. The number of rotatable bonds is 6. The maximum atomic E-state index is 2.71. The first-order valence-electron chi connectivity index (χ1n) is 8.34. The van der Waals surface area contributed by atoms with Gasteiger partial charge in [0.05, 0.1) is 0 Å². The van der Waals surface area contributed by atoms with E-state index in [9.17, 15) is 0 Å². The molecule has 1 aromatic carbocycles. The van der Waals surface area contributed by atoms with E-state index in [4.69, 9.17) is 0 Å². The van der Waals surface area contributed by atoms with E-state index in [0.717, 1.165) is 18.4 Å². The van der Waals surface area contributed by atoms with Gasteiger partial charge in [0.25, 0.3) is 0 Å². The van der Waals surface area contributed by atoms with Gasteiger partial charge in [0.1, 0.15) is 0 Å². The van der Waals surface area contributed by atoms with Crippen molar-refractivity contribution in [3.8, 4) is 0 Å². The highest BCUT2D eigenvalue weighted by Crippen LogP contribution is 2.31. The number of hydrogen-bond acceptors (Lipinski definition) is 2. The molecule has 0 spiro atoms. The minimum absolute atomic E-state index is 0.931. The molecule has 2 heteroatoms. The molecule has 0 saturated carbocycles. The molecule has 2 saturated heterocycles. The molecule has 0 amide bonds. The average molecular weight is 272 g/mol. The Morgan fingerprint density at radius 1 is 0.900 bits per heavy atom. The Bertz CT molecular complexity index is 389. The third kappa shape index (κ3) is 3.42. The van der Waals surface area contributed by atoms with E-state index < -0.39 is 0 Å². The predicted molar refractivity (Wildman–Crippen MR) is 84.7 cm³/mol. The highest BCUT2D eigenvalue weighted by Gasteiger charge is 2.39. The normalized spacial score (nSPS) is 27.1. The minimum Gasteiger partial charge on any atom is -0.303 e. The maximum absolute atomic E-state index is 2.71. The van der Waals surface area contributed by atoms with Gasteiger partial charge in [0, 0.05) is 32.7 Å². The van der Waals surface area contributed by atoms with Crippen LogP contribution >= 0.6 is 0 Å². The smallest absolute Gasteiger partial charge is 0.0233 e. The molecule has 3 rings (SSSR count). The van der Waals surface area contributed by atoms with Gasteiger partial charge in [0.2, 0.25) is 0 Å². The van der Waals surface area contributed by atoms with Crippen molar-refractivity contribution in [3.63, 3.8) is 0 Å². The van der Waals surface area contributed by atoms with Crippen molar-refractivity contribution in [3.05, 3.63) is 35.9 Å². The van der Waals surface area contributed by atoms with Gasteiger partial charge in [0.15, 0.2) is 0 Å². The quantitative estimate of drug-likeness (QED) is 0.734. The van der Waals surface area contributed by atoms with E-state index in [1.807, 2.05) is 0 Å². The molecule has 2 fully saturated rings. The van der Waals surface area contributed by atoms with Gasteiger partial charge < -0.3 is 4.90 Å². The molecule has 0 unspecified atom stereocenters. The maximum Gasteiger partial charge on any atom is 0.0233 e. The molecule has 2 aliphatic rings. The Labute approximate surface area is 123 Å². The lowest BCUT2D eigenvalue weighted by Crippen LogP contribution is -2.29. The fraction of sp³-hybridized carbons (Fsp3) is 0.667. The topological polar surface area (TPSA) is 6.48 Å². The van der Waals surface area contributed by atoms with Crippen molar-refractivity contribution < 1.29 is 0 Å². The van der Waals surface area contributed by atoms with Crippen LogP contribution in [0.3, 0.4) is 0 Å². The van der Waals surface area contributed by atoms with Crippen LogP contribution in [0.4, 0.5) is 0 Å². The molecule has 0 aliphatic carbocycles. The van der Waals surface area contributed by atoms with E-state index in [1.54, 1.807) is 0 Å². The Balaban J connectivity index is 1.44. The Morgan fingerprint density at radius 3 is 2.20 bits per heavy atom. The first-order valence-corrected chi connectivity index (χ1v) is 8.34. The monoisotopic (exact) mass is 272 g/mol. The zero-order valence-corrected chi connectivity index (χ0v) is 12.8. The van der Waals surface area contributed by atoms with Crippen LogP contribution in [-0.2, 0) is 6.54 Å². The number of hydrogen-bond donors (Lipinski definition) is 0. The van der Waals surface area contributed by atoms with Gasteiger partial charge in [-0.1, -0.05) is 50.1 Å². The molecule has 20 heavy (non-hydrogen) atoms. The summed E-state index contributed by atoms with van der Waals surface area (Å²) in [7, 11) is 0. The van der Waals surface area contributed by atoms with Crippen molar-refractivity contribution in [1.82, 2.24) is 9.80 Å². The lowest BCUT2D eigenvalue weighted by Gasteiger charge is -2.21. The van der Waals surface area contributed by atoms with E-state index in [2.05, 4.69) is 47.1 Å². The van der Waals surface area contributed by atoms with Gasteiger partial charge >= 0.3 is 0 Å². The summed E-state index contributed by atoms with van der Waals surface area (Å²) < 4.78 is 0. The van der Waals surface area contributed by atoms with Gasteiger partial charge in [-0.2, -0.15) is 0 Å². The second kappa shape index (κ2) is 6.73. The molecule has 2 aliphatic heterocycles. The van der Waals surface area contributed by atoms with Crippen molar-refractivity contribution in [2.45, 2.75) is 32.7 Å². The molecule has 0 radical (unpaired) electrons. The van der Waals surface area contributed by atoms with Crippen LogP contribution in [0.15, 0.2) is 30.3 Å². The van der Waals surface area contributed by atoms with E-state index in [1.165, 1.54) is 57.5 Å². The van der Waals surface area contributed by atoms with Crippen LogP contribution < -0.4 is 0 Å². The van der Waals surface area contributed by atoms with Crippen molar-refractivity contribution in [2.24, 2.45) is 11.8 Å². The first kappa shape index (κ1) is 14.1. The molecule has 2 atom stereocenters. The number of fused-ring (bicyclic) bond motifs is 1. The molecule has 110 valence electrons. The number of likely N-dealkylation sites (tertiary alicyclic amines) is 2. The largest absolute Gasteiger partial charge is 0.303 e.